The Morgan fingerprint density at radius 1 is 1.23 bits per heavy atom. The van der Waals surface area contributed by atoms with Crippen LogP contribution in [0.25, 0.3) is 0 Å². The van der Waals surface area contributed by atoms with Crippen LogP contribution in [-0.4, -0.2) is 65.8 Å². The lowest BCUT2D eigenvalue weighted by molar-refractivity contribution is -0.129. The molecule has 1 aliphatic rings. The Balaban J connectivity index is 1.72. The van der Waals surface area contributed by atoms with E-state index in [0.29, 0.717) is 18.9 Å². The van der Waals surface area contributed by atoms with E-state index in [2.05, 4.69) is 10.3 Å². The van der Waals surface area contributed by atoms with Crippen molar-refractivity contribution in [3.05, 3.63) is 47.7 Å². The van der Waals surface area contributed by atoms with E-state index < -0.39 is 5.82 Å². The summed E-state index contributed by atoms with van der Waals surface area (Å²) in [5.74, 6) is 0.608. The molecule has 0 unspecified atom stereocenters. The van der Waals surface area contributed by atoms with E-state index in [4.69, 9.17) is 4.98 Å². The molecule has 0 bridgehead atoms. The molecule has 2 aromatic rings. The summed E-state index contributed by atoms with van der Waals surface area (Å²) in [6, 6.07) is 7.81. The van der Waals surface area contributed by atoms with E-state index in [0.717, 1.165) is 24.4 Å². The molecule has 2 heterocycles. The first-order valence-electron chi connectivity index (χ1n) is 10.3. The molecule has 9 heteroatoms. The van der Waals surface area contributed by atoms with Crippen molar-refractivity contribution in [2.45, 2.75) is 32.4 Å². The molecule has 1 aromatic heterocycles. The number of rotatable bonds is 7. The Morgan fingerprint density at radius 3 is 2.65 bits per heavy atom. The number of nitrogens with one attached hydrogen (secondary N) is 1. The number of carbonyl (C=O) groups excluding carboxylic acids is 2. The number of carbonyl (C=O) groups is 2. The van der Waals surface area contributed by atoms with Crippen molar-refractivity contribution < 1.29 is 14.0 Å². The number of aromatic nitrogens is 2. The van der Waals surface area contributed by atoms with Crippen LogP contribution in [0.4, 0.5) is 15.9 Å². The first-order chi connectivity index (χ1) is 14.7. The molecular weight excluding hydrogens is 399 g/mol. The number of halogens is 1. The highest BCUT2D eigenvalue weighted by Crippen LogP contribution is 2.31. The second-order valence-corrected chi connectivity index (χ2v) is 8.04. The van der Waals surface area contributed by atoms with E-state index in [1.54, 1.807) is 31.0 Å². The summed E-state index contributed by atoms with van der Waals surface area (Å²) in [5.41, 5.74) is 0.913. The zero-order valence-electron chi connectivity index (χ0n) is 18.4. The fourth-order valence-corrected chi connectivity index (χ4v) is 3.70. The smallest absolute Gasteiger partial charge is 0.238 e. The molecule has 1 N–H and O–H groups in total. The van der Waals surface area contributed by atoms with Crippen molar-refractivity contribution in [1.29, 1.82) is 0 Å². The van der Waals surface area contributed by atoms with Gasteiger partial charge in [-0.25, -0.2) is 14.4 Å². The van der Waals surface area contributed by atoms with Gasteiger partial charge in [0.05, 0.1) is 24.0 Å². The standard InChI is InChI=1S/C22H29FN6O2/c1-15(30)29-11-7-10-19(29)22-24-16(12-20(26-22)27(2)3)13-28(4)14-21(31)25-18-9-6-5-8-17(18)23/h5-6,8-9,12,19H,7,10-11,13-14H2,1-4H3,(H,25,31)/t19-/m1/s1. The van der Waals surface area contributed by atoms with Gasteiger partial charge in [0.15, 0.2) is 5.82 Å². The molecule has 8 nitrogen and oxygen atoms in total. The minimum absolute atomic E-state index is 0.0184. The highest BCUT2D eigenvalue weighted by molar-refractivity contribution is 5.92. The molecule has 2 amide bonds. The van der Waals surface area contributed by atoms with Gasteiger partial charge in [-0.3, -0.25) is 14.5 Å². The van der Waals surface area contributed by atoms with Gasteiger partial charge in [0.2, 0.25) is 11.8 Å². The number of nitrogens with zero attached hydrogens (tertiary/aromatic N) is 5. The fourth-order valence-electron chi connectivity index (χ4n) is 3.70. The van der Waals surface area contributed by atoms with Crippen molar-refractivity contribution in [3.8, 4) is 0 Å². The molecule has 1 aliphatic heterocycles. The van der Waals surface area contributed by atoms with E-state index >= 15 is 0 Å². The highest BCUT2D eigenvalue weighted by Gasteiger charge is 2.30. The Morgan fingerprint density at radius 2 is 1.97 bits per heavy atom. The topological polar surface area (TPSA) is 81.7 Å². The van der Waals surface area contributed by atoms with Crippen LogP contribution in [0.1, 0.15) is 37.3 Å². The van der Waals surface area contributed by atoms with Gasteiger partial charge in [-0.2, -0.15) is 0 Å². The van der Waals surface area contributed by atoms with Crippen LogP contribution in [0.2, 0.25) is 0 Å². The van der Waals surface area contributed by atoms with Crippen LogP contribution in [0, 0.1) is 5.82 Å². The molecule has 1 aromatic carbocycles. The quantitative estimate of drug-likeness (QED) is 0.730. The number of amides is 2. The van der Waals surface area contributed by atoms with Gasteiger partial charge in [-0.15, -0.1) is 0 Å². The molecular formula is C22H29FN6O2. The summed E-state index contributed by atoms with van der Waals surface area (Å²) in [5, 5.41) is 2.59. The molecule has 1 saturated heterocycles. The summed E-state index contributed by atoms with van der Waals surface area (Å²) in [6.45, 7) is 2.76. The number of hydrogen-bond acceptors (Lipinski definition) is 6. The van der Waals surface area contributed by atoms with Crippen molar-refractivity contribution in [2.24, 2.45) is 0 Å². The monoisotopic (exact) mass is 428 g/mol. The molecule has 0 radical (unpaired) electrons. The lowest BCUT2D eigenvalue weighted by Crippen LogP contribution is -2.32. The van der Waals surface area contributed by atoms with Gasteiger partial charge in [0.1, 0.15) is 11.6 Å². The van der Waals surface area contributed by atoms with E-state index in [9.17, 15) is 14.0 Å². The van der Waals surface area contributed by atoms with Crippen molar-refractivity contribution in [2.75, 3.05) is 44.4 Å². The summed E-state index contributed by atoms with van der Waals surface area (Å²) < 4.78 is 13.8. The third-order valence-corrected chi connectivity index (χ3v) is 5.19. The Labute approximate surface area is 182 Å². The van der Waals surface area contributed by atoms with Gasteiger partial charge >= 0.3 is 0 Å². The highest BCUT2D eigenvalue weighted by atomic mass is 19.1. The molecule has 31 heavy (non-hydrogen) atoms. The minimum Gasteiger partial charge on any atom is -0.363 e. The van der Waals surface area contributed by atoms with Gasteiger partial charge in [-0.1, -0.05) is 12.1 Å². The molecule has 1 fully saturated rings. The van der Waals surface area contributed by atoms with E-state index in [1.165, 1.54) is 12.1 Å². The zero-order chi connectivity index (χ0) is 22.5. The summed E-state index contributed by atoms with van der Waals surface area (Å²) >= 11 is 0. The van der Waals surface area contributed by atoms with Gasteiger partial charge in [0.25, 0.3) is 0 Å². The predicted octanol–water partition coefficient (Wildman–Crippen LogP) is 2.44. The first kappa shape index (κ1) is 22.6. The molecule has 3 rings (SSSR count). The second kappa shape index (κ2) is 9.82. The number of likely N-dealkylation sites (N-methyl/N-ethyl adjacent to an activating group) is 1. The average Bonchev–Trinajstić information content (AvgIpc) is 3.19. The summed E-state index contributed by atoms with van der Waals surface area (Å²) in [7, 11) is 5.60. The number of likely N-dealkylation sites (tertiary alicyclic amines) is 1. The largest absolute Gasteiger partial charge is 0.363 e. The van der Waals surface area contributed by atoms with Crippen molar-refractivity contribution >= 4 is 23.3 Å². The van der Waals surface area contributed by atoms with Crippen LogP contribution in [0.5, 0.6) is 0 Å². The van der Waals surface area contributed by atoms with Gasteiger partial charge in [-0.05, 0) is 32.0 Å². The van der Waals surface area contributed by atoms with E-state index in [1.807, 2.05) is 30.0 Å². The van der Waals surface area contributed by atoms with Crippen molar-refractivity contribution in [3.63, 3.8) is 0 Å². The Hall–Kier alpha value is -3.07. The number of benzene rings is 1. The Kier molecular flexibility index (Phi) is 7.17. The molecule has 0 aliphatic carbocycles. The lowest BCUT2D eigenvalue weighted by Gasteiger charge is -2.24. The molecule has 0 saturated carbocycles. The maximum atomic E-state index is 13.8. The van der Waals surface area contributed by atoms with Gasteiger partial charge in [0, 0.05) is 40.2 Å². The summed E-state index contributed by atoms with van der Waals surface area (Å²) in [6.07, 6.45) is 1.75. The Bertz CT molecular complexity index is 951. The maximum Gasteiger partial charge on any atom is 0.238 e. The first-order valence-corrected chi connectivity index (χ1v) is 10.3. The van der Waals surface area contributed by atoms with Crippen LogP contribution in [0.15, 0.2) is 30.3 Å². The SMILES string of the molecule is CC(=O)N1CCC[C@@H]1c1nc(CN(C)CC(=O)Nc2ccccc2F)cc(N(C)C)n1. The summed E-state index contributed by atoms with van der Waals surface area (Å²) in [4.78, 5) is 39.2. The second-order valence-electron chi connectivity index (χ2n) is 8.04. The normalized spacial score (nSPS) is 15.9. The number of anilines is 2. The lowest BCUT2D eigenvalue weighted by atomic mass is 10.2. The predicted molar refractivity (Wildman–Crippen MR) is 117 cm³/mol. The average molecular weight is 429 g/mol. The molecule has 0 spiro atoms. The van der Waals surface area contributed by atoms with Crippen LogP contribution >= 0.6 is 0 Å². The molecule has 166 valence electrons. The van der Waals surface area contributed by atoms with Crippen LogP contribution in [-0.2, 0) is 16.1 Å². The fraction of sp³-hybridized carbons (Fsp3) is 0.455. The van der Waals surface area contributed by atoms with Gasteiger partial charge < -0.3 is 15.1 Å². The number of para-hydroxylation sites is 1. The van der Waals surface area contributed by atoms with Crippen LogP contribution in [0.3, 0.4) is 0 Å². The third kappa shape index (κ3) is 5.75. The zero-order valence-corrected chi connectivity index (χ0v) is 18.4. The third-order valence-electron chi connectivity index (χ3n) is 5.19. The van der Waals surface area contributed by atoms with Crippen molar-refractivity contribution in [1.82, 2.24) is 19.8 Å². The number of hydrogen-bond donors (Lipinski definition) is 1. The maximum absolute atomic E-state index is 13.8. The van der Waals surface area contributed by atoms with E-state index in [-0.39, 0.29) is 30.1 Å². The van der Waals surface area contributed by atoms with Crippen LogP contribution < -0.4 is 10.2 Å². The minimum atomic E-state index is -0.471. The molecule has 1 atom stereocenters.